The lowest BCUT2D eigenvalue weighted by Crippen LogP contribution is -2.60. The fourth-order valence-corrected chi connectivity index (χ4v) is 6.91. The number of nitrogens with zero attached hydrogens (tertiary/aromatic N) is 6. The zero-order valence-electron chi connectivity index (χ0n) is 30.0. The van der Waals surface area contributed by atoms with E-state index in [1.165, 1.54) is 6.33 Å². The summed E-state index contributed by atoms with van der Waals surface area (Å²) >= 11 is 0. The number of amides is 5. The number of anilines is 2. The van der Waals surface area contributed by atoms with Crippen molar-refractivity contribution in [2.75, 3.05) is 37.8 Å². The van der Waals surface area contributed by atoms with E-state index in [0.29, 0.717) is 65.4 Å². The van der Waals surface area contributed by atoms with Crippen LogP contribution in [-0.4, -0.2) is 91.5 Å². The summed E-state index contributed by atoms with van der Waals surface area (Å²) < 4.78 is 13.0. The van der Waals surface area contributed by atoms with Crippen molar-refractivity contribution in [2.45, 2.75) is 63.6 Å². The maximum Gasteiger partial charge on any atom is 0.292 e. The van der Waals surface area contributed by atoms with Crippen LogP contribution in [0.3, 0.4) is 0 Å². The molecule has 0 aliphatic carbocycles. The number of hydrogen-bond acceptors (Lipinski definition) is 14. The molecule has 0 radical (unpaired) electrons. The number of imide groups is 2. The number of ether oxygens (including phenoxy) is 1. The Morgan fingerprint density at radius 3 is 2.69 bits per heavy atom. The lowest BCUT2D eigenvalue weighted by Gasteiger charge is -2.38. The van der Waals surface area contributed by atoms with Crippen LogP contribution in [0, 0.1) is 0 Å². The number of hydrogen-bond donors (Lipinski definition) is 5. The van der Waals surface area contributed by atoms with Crippen LogP contribution in [0.4, 0.5) is 11.8 Å². The molecule has 286 valence electrons. The van der Waals surface area contributed by atoms with Crippen molar-refractivity contribution < 1.29 is 33.1 Å². The van der Waals surface area contributed by atoms with Crippen molar-refractivity contribution in [2.24, 2.45) is 0 Å². The molecule has 55 heavy (non-hydrogen) atoms. The molecule has 18 heteroatoms. The van der Waals surface area contributed by atoms with E-state index >= 15 is 0 Å². The third-order valence-electron chi connectivity index (χ3n) is 9.62. The Balaban J connectivity index is 0.801. The molecule has 7 N–H and O–H groups in total. The molecule has 1 saturated heterocycles. The average Bonchev–Trinajstić information content (AvgIpc) is 3.74. The first kappa shape index (κ1) is 37.1. The lowest BCUT2D eigenvalue weighted by atomic mass is 9.91. The number of carbonyl (C=O) groups excluding carboxylic acids is 5. The van der Waals surface area contributed by atoms with E-state index in [0.717, 1.165) is 42.8 Å². The third kappa shape index (κ3) is 8.00. The highest BCUT2D eigenvalue weighted by atomic mass is 16.5. The van der Waals surface area contributed by atoms with Crippen LogP contribution in [-0.2, 0) is 30.5 Å². The first-order chi connectivity index (χ1) is 26.7. The third-order valence-corrected chi connectivity index (χ3v) is 9.62. The lowest BCUT2D eigenvalue weighted by molar-refractivity contribution is -0.145. The molecule has 0 bridgehead atoms. The second kappa shape index (κ2) is 16.4. The number of fused-ring (bicyclic) bond motifs is 3. The van der Waals surface area contributed by atoms with Gasteiger partial charge < -0.3 is 31.3 Å². The monoisotopic (exact) mass is 751 g/mol. The van der Waals surface area contributed by atoms with Gasteiger partial charge in [0, 0.05) is 30.6 Å². The van der Waals surface area contributed by atoms with Gasteiger partial charge in [0.05, 0.1) is 18.5 Å². The van der Waals surface area contributed by atoms with Crippen molar-refractivity contribution >= 4 is 63.5 Å². The Morgan fingerprint density at radius 2 is 1.84 bits per heavy atom. The number of nitrogens with one attached hydrogen (secondary N) is 3. The Bertz CT molecular complexity index is 2270. The SMILES string of the molecule is Nc1nc2cc(-c3nn(CCOCCCNCCCCCC(=O)NC4C(=O)N(C5CCC(=O)NC5=O)C(=O)c5ccccc54)c4ncnc(N)c34)ccc2o1. The molecule has 18 nitrogen and oxygen atoms in total. The zero-order valence-corrected chi connectivity index (χ0v) is 30.0. The minimum atomic E-state index is -1.12. The summed E-state index contributed by atoms with van der Waals surface area (Å²) in [5.41, 5.74) is 15.8. The molecule has 2 aliphatic rings. The number of rotatable bonds is 16. The van der Waals surface area contributed by atoms with E-state index in [2.05, 4.69) is 30.9 Å². The van der Waals surface area contributed by atoms with Crippen LogP contribution in [0.25, 0.3) is 33.4 Å². The zero-order chi connectivity index (χ0) is 38.5. The fourth-order valence-electron chi connectivity index (χ4n) is 6.91. The minimum absolute atomic E-state index is 0.00998. The van der Waals surface area contributed by atoms with Gasteiger partial charge in [-0.2, -0.15) is 10.1 Å². The van der Waals surface area contributed by atoms with Gasteiger partial charge in [-0.3, -0.25) is 34.2 Å². The Hall–Kier alpha value is -6.27. The number of carbonyl (C=O) groups is 5. The molecule has 2 atom stereocenters. The van der Waals surface area contributed by atoms with Crippen molar-refractivity contribution in [1.82, 2.24) is 45.6 Å². The van der Waals surface area contributed by atoms with Crippen LogP contribution in [0.5, 0.6) is 0 Å². The number of nitrogens with two attached hydrogens (primary N) is 2. The standard InChI is InChI=1S/C37H41N11O7/c38-32-29-30(21-10-12-26-24(19-21)43-37(39)55-26)46-47(33(29)42-20-41-32)16-18-54-17-6-15-40-14-5-1-2-9-27(49)44-31-22-7-3-4-8-23(22)35(52)48(36(31)53)25-11-13-28(50)45-34(25)51/h3-4,7-8,10,12,19-20,25,31,40H,1-2,5-6,9,11,13-18H2,(H2,39,43)(H,44,49)(H2,38,41,42)(H,45,50,51). The van der Waals surface area contributed by atoms with Gasteiger partial charge in [0.15, 0.2) is 11.2 Å². The normalized spacial score (nSPS) is 17.2. The molecule has 1 fully saturated rings. The Labute approximate surface area is 314 Å². The quantitative estimate of drug-likeness (QED) is 0.0714. The van der Waals surface area contributed by atoms with E-state index in [-0.39, 0.29) is 36.7 Å². The molecular formula is C37H41N11O7. The van der Waals surface area contributed by atoms with Crippen LogP contribution in [0.15, 0.2) is 53.2 Å². The molecular weight excluding hydrogens is 710 g/mol. The highest BCUT2D eigenvalue weighted by Gasteiger charge is 2.46. The van der Waals surface area contributed by atoms with Crippen molar-refractivity contribution in [3.8, 4) is 11.3 Å². The highest BCUT2D eigenvalue weighted by molar-refractivity contribution is 6.15. The van der Waals surface area contributed by atoms with Gasteiger partial charge in [-0.25, -0.2) is 14.6 Å². The molecule has 5 aromatic rings. The number of unbranched alkanes of at least 4 members (excludes halogenated alkanes) is 2. The molecule has 3 aromatic heterocycles. The van der Waals surface area contributed by atoms with Crippen molar-refractivity contribution in [1.29, 1.82) is 0 Å². The summed E-state index contributed by atoms with van der Waals surface area (Å²) in [7, 11) is 0. The van der Waals surface area contributed by atoms with Gasteiger partial charge in [0.25, 0.3) is 17.8 Å². The number of piperidine rings is 1. The maximum atomic E-state index is 13.5. The van der Waals surface area contributed by atoms with Crippen LogP contribution < -0.4 is 27.4 Å². The van der Waals surface area contributed by atoms with E-state index in [1.807, 2.05) is 12.1 Å². The van der Waals surface area contributed by atoms with Gasteiger partial charge in [-0.05, 0) is 68.6 Å². The molecule has 5 amide bonds. The summed E-state index contributed by atoms with van der Waals surface area (Å²) in [4.78, 5) is 77.5. The molecule has 2 aliphatic heterocycles. The summed E-state index contributed by atoms with van der Waals surface area (Å²) in [6.07, 6.45) is 4.71. The van der Waals surface area contributed by atoms with Crippen molar-refractivity contribution in [3.05, 3.63) is 59.9 Å². The maximum absolute atomic E-state index is 13.5. The Morgan fingerprint density at radius 1 is 1.00 bits per heavy atom. The van der Waals surface area contributed by atoms with Crippen LogP contribution in [0.2, 0.25) is 0 Å². The summed E-state index contributed by atoms with van der Waals surface area (Å²) in [6.45, 7) is 2.97. The van der Waals surface area contributed by atoms with Gasteiger partial charge in [-0.15, -0.1) is 0 Å². The second-order valence-electron chi connectivity index (χ2n) is 13.4. The molecule has 5 heterocycles. The van der Waals surface area contributed by atoms with E-state index in [1.54, 1.807) is 35.0 Å². The van der Waals surface area contributed by atoms with Gasteiger partial charge in [0.2, 0.25) is 17.7 Å². The van der Waals surface area contributed by atoms with Gasteiger partial charge in [-0.1, -0.05) is 24.6 Å². The topological polar surface area (TPSA) is 256 Å². The first-order valence-electron chi connectivity index (χ1n) is 18.2. The summed E-state index contributed by atoms with van der Waals surface area (Å²) in [5.74, 6) is -2.47. The summed E-state index contributed by atoms with van der Waals surface area (Å²) in [6, 6.07) is 9.86. The minimum Gasteiger partial charge on any atom is -0.424 e. The van der Waals surface area contributed by atoms with E-state index < -0.39 is 35.7 Å². The predicted octanol–water partition coefficient (Wildman–Crippen LogP) is 2.00. The second-order valence-corrected chi connectivity index (χ2v) is 13.4. The largest absolute Gasteiger partial charge is 0.424 e. The van der Waals surface area contributed by atoms with E-state index in [4.69, 9.17) is 25.7 Å². The number of benzene rings is 2. The van der Waals surface area contributed by atoms with E-state index in [9.17, 15) is 24.0 Å². The molecule has 7 rings (SSSR count). The molecule has 0 spiro atoms. The van der Waals surface area contributed by atoms with Crippen molar-refractivity contribution in [3.63, 3.8) is 0 Å². The number of aromatic nitrogens is 5. The Kier molecular flexibility index (Phi) is 11.0. The number of nitrogen functional groups attached to an aromatic ring is 2. The molecule has 2 aromatic carbocycles. The smallest absolute Gasteiger partial charge is 0.292 e. The highest BCUT2D eigenvalue weighted by Crippen LogP contribution is 2.33. The fraction of sp³-hybridized carbons (Fsp3) is 0.378. The van der Waals surface area contributed by atoms with Gasteiger partial charge >= 0.3 is 0 Å². The predicted molar refractivity (Wildman–Crippen MR) is 199 cm³/mol. The van der Waals surface area contributed by atoms with Gasteiger partial charge in [0.1, 0.15) is 35.4 Å². The van der Waals surface area contributed by atoms with Crippen LogP contribution in [0.1, 0.15) is 66.9 Å². The summed E-state index contributed by atoms with van der Waals surface area (Å²) in [5, 5.41) is 13.8. The average molecular weight is 752 g/mol. The number of oxazole rings is 1. The molecule has 0 saturated carbocycles. The molecule has 2 unspecified atom stereocenters. The first-order valence-corrected chi connectivity index (χ1v) is 18.2. The van der Waals surface area contributed by atoms with Crippen LogP contribution >= 0.6 is 0 Å².